The van der Waals surface area contributed by atoms with Gasteiger partial charge in [-0.05, 0) is 24.8 Å². The Kier molecular flexibility index (Phi) is 6.10. The van der Waals surface area contributed by atoms with Crippen LogP contribution in [0.2, 0.25) is 0 Å². The van der Waals surface area contributed by atoms with Crippen LogP contribution in [0.3, 0.4) is 0 Å². The molecule has 5 heteroatoms. The summed E-state index contributed by atoms with van der Waals surface area (Å²) < 4.78 is 0. The van der Waals surface area contributed by atoms with Crippen molar-refractivity contribution in [1.29, 1.82) is 0 Å². The largest absolute Gasteiger partial charge is 0.350 e. The predicted octanol–water partition coefficient (Wildman–Crippen LogP) is 2.47. The number of halogens is 1. The molecule has 0 aromatic heterocycles. The van der Waals surface area contributed by atoms with Gasteiger partial charge in [-0.15, -0.1) is 11.6 Å². The van der Waals surface area contributed by atoms with Crippen molar-refractivity contribution in [1.82, 2.24) is 5.43 Å². The Bertz CT molecular complexity index is 379. The maximum absolute atomic E-state index is 10.6. The topological polar surface area (TPSA) is 67.5 Å². The lowest BCUT2D eigenvalue weighted by atomic mass is 10.1. The van der Waals surface area contributed by atoms with E-state index in [1.807, 2.05) is 30.3 Å². The van der Waals surface area contributed by atoms with Crippen molar-refractivity contribution in [3.63, 3.8) is 0 Å². The lowest BCUT2D eigenvalue weighted by Gasteiger charge is -2.06. The third kappa shape index (κ3) is 5.36. The van der Waals surface area contributed by atoms with Crippen LogP contribution in [0.5, 0.6) is 0 Å². The summed E-state index contributed by atoms with van der Waals surface area (Å²) in [5.41, 5.74) is 9.06. The average molecular weight is 254 g/mol. The molecule has 1 aromatic rings. The van der Waals surface area contributed by atoms with Gasteiger partial charge in [-0.1, -0.05) is 30.3 Å². The van der Waals surface area contributed by atoms with E-state index in [-0.39, 0.29) is 0 Å². The molecule has 0 aliphatic carbocycles. The van der Waals surface area contributed by atoms with Crippen LogP contribution < -0.4 is 11.2 Å². The summed E-state index contributed by atoms with van der Waals surface area (Å²) in [6.07, 6.45) is 2.61. The smallest absolute Gasteiger partial charge is 0.332 e. The molecule has 2 amide bonds. The minimum absolute atomic E-state index is 0.630. The van der Waals surface area contributed by atoms with E-state index in [4.69, 9.17) is 17.3 Å². The molecule has 1 aromatic carbocycles. The van der Waals surface area contributed by atoms with Crippen LogP contribution in [0.15, 0.2) is 35.4 Å². The number of rotatable bonds is 6. The third-order valence-corrected chi connectivity index (χ3v) is 2.47. The van der Waals surface area contributed by atoms with Crippen molar-refractivity contribution < 1.29 is 4.79 Å². The predicted molar refractivity (Wildman–Crippen MR) is 70.3 cm³/mol. The second kappa shape index (κ2) is 7.68. The number of carbonyl (C=O) groups is 1. The Labute approximate surface area is 106 Å². The van der Waals surface area contributed by atoms with E-state index in [0.29, 0.717) is 5.88 Å². The Morgan fingerprint density at radius 2 is 2.00 bits per heavy atom. The van der Waals surface area contributed by atoms with Gasteiger partial charge >= 0.3 is 6.03 Å². The first kappa shape index (κ1) is 13.5. The molecule has 3 N–H and O–H groups in total. The number of urea groups is 1. The van der Waals surface area contributed by atoms with E-state index >= 15 is 0 Å². The number of primary amides is 1. The van der Waals surface area contributed by atoms with Crippen molar-refractivity contribution in [2.24, 2.45) is 10.8 Å². The molecule has 0 bridgehead atoms. The van der Waals surface area contributed by atoms with Crippen molar-refractivity contribution in [2.45, 2.75) is 19.3 Å². The monoisotopic (exact) mass is 253 g/mol. The molecule has 0 saturated heterocycles. The van der Waals surface area contributed by atoms with Crippen LogP contribution in [-0.2, 0) is 0 Å². The molecule has 0 fully saturated rings. The number of benzene rings is 1. The Balaban J connectivity index is 2.72. The van der Waals surface area contributed by atoms with Gasteiger partial charge in [0.05, 0.1) is 5.71 Å². The van der Waals surface area contributed by atoms with E-state index in [1.165, 1.54) is 0 Å². The van der Waals surface area contributed by atoms with Gasteiger partial charge in [-0.3, -0.25) is 0 Å². The minimum atomic E-state index is -0.657. The summed E-state index contributed by atoms with van der Waals surface area (Å²) in [5, 5.41) is 4.01. The van der Waals surface area contributed by atoms with E-state index in [1.54, 1.807) is 0 Å². The van der Waals surface area contributed by atoms with Crippen molar-refractivity contribution in [2.75, 3.05) is 5.88 Å². The first-order valence-corrected chi connectivity index (χ1v) is 6.01. The molecule has 1 rings (SSSR count). The number of hydrogen-bond acceptors (Lipinski definition) is 2. The number of alkyl halides is 1. The van der Waals surface area contributed by atoms with Crippen LogP contribution >= 0.6 is 11.6 Å². The van der Waals surface area contributed by atoms with Crippen molar-refractivity contribution in [3.05, 3.63) is 35.9 Å². The summed E-state index contributed by atoms with van der Waals surface area (Å²) in [7, 11) is 0. The number of hydrazone groups is 1. The fourth-order valence-electron chi connectivity index (χ4n) is 1.40. The SMILES string of the molecule is NC(=O)NN=C(CCCCCl)c1ccccc1. The van der Waals surface area contributed by atoms with Crippen molar-refractivity contribution >= 4 is 23.3 Å². The molecule has 0 aliphatic heterocycles. The summed E-state index contributed by atoms with van der Waals surface area (Å²) in [6.45, 7) is 0. The van der Waals surface area contributed by atoms with Gasteiger partial charge in [-0.2, -0.15) is 5.10 Å². The van der Waals surface area contributed by atoms with Gasteiger partial charge in [0.2, 0.25) is 0 Å². The van der Waals surface area contributed by atoms with Gasteiger partial charge in [0.25, 0.3) is 0 Å². The number of carbonyl (C=O) groups excluding carboxylic acids is 1. The highest BCUT2D eigenvalue weighted by Gasteiger charge is 2.03. The number of nitrogens with two attached hydrogens (primary N) is 1. The van der Waals surface area contributed by atoms with Crippen LogP contribution in [0.4, 0.5) is 4.79 Å². The van der Waals surface area contributed by atoms with Crippen LogP contribution in [0, 0.1) is 0 Å². The number of nitrogens with one attached hydrogen (secondary N) is 1. The standard InChI is InChI=1S/C12H16ClN3O/c13-9-5-4-8-11(15-16-12(14)17)10-6-2-1-3-7-10/h1-3,6-7H,4-5,8-9H2,(H3,14,16,17). The summed E-state index contributed by atoms with van der Waals surface area (Å²) >= 11 is 5.63. The zero-order valence-electron chi connectivity index (χ0n) is 9.53. The first-order valence-electron chi connectivity index (χ1n) is 5.47. The van der Waals surface area contributed by atoms with Gasteiger partial charge < -0.3 is 5.73 Å². The molecule has 0 heterocycles. The first-order chi connectivity index (χ1) is 8.24. The molecular weight excluding hydrogens is 238 g/mol. The Morgan fingerprint density at radius 3 is 2.59 bits per heavy atom. The van der Waals surface area contributed by atoms with E-state index in [9.17, 15) is 4.79 Å². The Morgan fingerprint density at radius 1 is 1.29 bits per heavy atom. The lowest BCUT2D eigenvalue weighted by Crippen LogP contribution is -2.26. The maximum Gasteiger partial charge on any atom is 0.332 e. The second-order valence-electron chi connectivity index (χ2n) is 3.55. The van der Waals surface area contributed by atoms with Gasteiger partial charge in [0, 0.05) is 5.88 Å². The van der Waals surface area contributed by atoms with Crippen molar-refractivity contribution in [3.8, 4) is 0 Å². The maximum atomic E-state index is 10.6. The molecule has 0 aliphatic rings. The molecular formula is C12H16ClN3O. The number of nitrogens with zero attached hydrogens (tertiary/aromatic N) is 1. The van der Waals surface area contributed by atoms with E-state index < -0.39 is 6.03 Å². The highest BCUT2D eigenvalue weighted by atomic mass is 35.5. The molecule has 0 radical (unpaired) electrons. The second-order valence-corrected chi connectivity index (χ2v) is 3.92. The van der Waals surface area contributed by atoms with Crippen LogP contribution in [-0.4, -0.2) is 17.6 Å². The summed E-state index contributed by atoms with van der Waals surface area (Å²) in [4.78, 5) is 10.6. The minimum Gasteiger partial charge on any atom is -0.350 e. The molecule has 0 atom stereocenters. The fourth-order valence-corrected chi connectivity index (χ4v) is 1.59. The van der Waals surface area contributed by atoms with E-state index in [2.05, 4.69) is 10.5 Å². The molecule has 0 unspecified atom stereocenters. The number of unbranched alkanes of at least 4 members (excludes halogenated alkanes) is 1. The third-order valence-electron chi connectivity index (χ3n) is 2.21. The quantitative estimate of drug-likeness (QED) is 0.348. The van der Waals surface area contributed by atoms with Gasteiger partial charge in [0.1, 0.15) is 0 Å². The summed E-state index contributed by atoms with van der Waals surface area (Å²) in [6, 6.07) is 9.02. The highest BCUT2D eigenvalue weighted by Crippen LogP contribution is 2.08. The number of amides is 2. The zero-order valence-corrected chi connectivity index (χ0v) is 10.3. The average Bonchev–Trinajstić information content (AvgIpc) is 2.34. The summed E-state index contributed by atoms with van der Waals surface area (Å²) in [5.74, 6) is 0.630. The Hall–Kier alpha value is -1.55. The lowest BCUT2D eigenvalue weighted by molar-refractivity contribution is 0.249. The highest BCUT2D eigenvalue weighted by molar-refractivity contribution is 6.17. The molecule has 17 heavy (non-hydrogen) atoms. The molecule has 4 nitrogen and oxygen atoms in total. The van der Waals surface area contributed by atoms with Gasteiger partial charge in [0.15, 0.2) is 0 Å². The van der Waals surface area contributed by atoms with Gasteiger partial charge in [-0.25, -0.2) is 10.2 Å². The fraction of sp³-hybridized carbons (Fsp3) is 0.333. The molecule has 92 valence electrons. The van der Waals surface area contributed by atoms with Crippen LogP contribution in [0.1, 0.15) is 24.8 Å². The molecule has 0 spiro atoms. The van der Waals surface area contributed by atoms with E-state index in [0.717, 1.165) is 30.5 Å². The number of hydrogen-bond donors (Lipinski definition) is 2. The van der Waals surface area contributed by atoms with Crippen LogP contribution in [0.25, 0.3) is 0 Å². The zero-order chi connectivity index (χ0) is 12.5. The normalized spacial score (nSPS) is 11.2. The molecule has 0 saturated carbocycles.